The Labute approximate surface area is 94.9 Å². The SMILES string of the molecule is C=C(C(=O)OCCN)C(C)C.O=S(=O)(O)O. The molecule has 0 amide bonds. The molecular formula is C8H17NO6S. The van der Waals surface area contributed by atoms with Crippen LogP contribution in [0.3, 0.4) is 0 Å². The summed E-state index contributed by atoms with van der Waals surface area (Å²) in [7, 11) is -4.67. The van der Waals surface area contributed by atoms with Gasteiger partial charge in [-0.25, -0.2) is 4.79 Å². The van der Waals surface area contributed by atoms with Crippen molar-refractivity contribution in [3.8, 4) is 0 Å². The second kappa shape index (κ2) is 8.22. The molecule has 0 unspecified atom stereocenters. The molecule has 0 bridgehead atoms. The Kier molecular flexibility index (Phi) is 8.96. The molecule has 7 nitrogen and oxygen atoms in total. The number of nitrogens with two attached hydrogens (primary N) is 1. The van der Waals surface area contributed by atoms with Gasteiger partial charge in [0, 0.05) is 12.1 Å². The van der Waals surface area contributed by atoms with E-state index in [0.29, 0.717) is 12.1 Å². The third-order valence-electron chi connectivity index (χ3n) is 1.31. The topological polar surface area (TPSA) is 127 Å². The van der Waals surface area contributed by atoms with Crippen LogP contribution >= 0.6 is 0 Å². The van der Waals surface area contributed by atoms with Crippen LogP contribution in [0.15, 0.2) is 12.2 Å². The summed E-state index contributed by atoms with van der Waals surface area (Å²) in [5.41, 5.74) is 5.64. The molecule has 4 N–H and O–H groups in total. The van der Waals surface area contributed by atoms with Gasteiger partial charge in [-0.15, -0.1) is 0 Å². The molecule has 0 radical (unpaired) electrons. The molecule has 0 aliphatic heterocycles. The van der Waals surface area contributed by atoms with E-state index in [0.717, 1.165) is 0 Å². The summed E-state index contributed by atoms with van der Waals surface area (Å²) in [5, 5.41) is 0. The number of hydrogen-bond donors (Lipinski definition) is 3. The number of carbonyl (C=O) groups excluding carboxylic acids is 1. The van der Waals surface area contributed by atoms with Crippen LogP contribution in [0.25, 0.3) is 0 Å². The van der Waals surface area contributed by atoms with Crippen molar-refractivity contribution in [3.63, 3.8) is 0 Å². The van der Waals surface area contributed by atoms with E-state index in [4.69, 9.17) is 28.0 Å². The highest BCUT2D eigenvalue weighted by molar-refractivity contribution is 7.79. The maximum absolute atomic E-state index is 11.0. The minimum absolute atomic E-state index is 0.139. The highest BCUT2D eigenvalue weighted by Gasteiger charge is 2.10. The van der Waals surface area contributed by atoms with Crippen LogP contribution in [0.2, 0.25) is 0 Å². The van der Waals surface area contributed by atoms with Crippen LogP contribution in [0.5, 0.6) is 0 Å². The van der Waals surface area contributed by atoms with E-state index >= 15 is 0 Å². The first-order valence-electron chi connectivity index (χ1n) is 4.35. The maximum Gasteiger partial charge on any atom is 0.394 e. The summed E-state index contributed by atoms with van der Waals surface area (Å²) >= 11 is 0. The minimum Gasteiger partial charge on any atom is -0.461 e. The predicted octanol–water partition coefficient (Wildman–Crippen LogP) is 0.0477. The Morgan fingerprint density at radius 2 is 1.81 bits per heavy atom. The van der Waals surface area contributed by atoms with Crippen LogP contribution in [0, 0.1) is 5.92 Å². The molecule has 0 saturated heterocycles. The molecule has 0 aromatic carbocycles. The molecule has 0 atom stereocenters. The lowest BCUT2D eigenvalue weighted by atomic mass is 10.1. The Morgan fingerprint density at radius 3 is 2.06 bits per heavy atom. The molecule has 0 aromatic rings. The second-order valence-corrected chi connectivity index (χ2v) is 3.95. The smallest absolute Gasteiger partial charge is 0.394 e. The molecule has 0 fully saturated rings. The van der Waals surface area contributed by atoms with Gasteiger partial charge in [0.05, 0.1) is 0 Å². The summed E-state index contributed by atoms with van der Waals surface area (Å²) in [4.78, 5) is 11.0. The van der Waals surface area contributed by atoms with E-state index in [1.807, 2.05) is 13.8 Å². The van der Waals surface area contributed by atoms with Crippen molar-refractivity contribution < 1.29 is 27.1 Å². The Hall–Kier alpha value is -0.960. The van der Waals surface area contributed by atoms with Gasteiger partial charge in [0.2, 0.25) is 0 Å². The minimum atomic E-state index is -4.67. The molecular weight excluding hydrogens is 238 g/mol. The second-order valence-electron chi connectivity index (χ2n) is 3.05. The monoisotopic (exact) mass is 255 g/mol. The van der Waals surface area contributed by atoms with Crippen molar-refractivity contribution in [2.45, 2.75) is 13.8 Å². The van der Waals surface area contributed by atoms with Crippen molar-refractivity contribution in [2.75, 3.05) is 13.2 Å². The third-order valence-corrected chi connectivity index (χ3v) is 1.31. The van der Waals surface area contributed by atoms with Crippen LogP contribution < -0.4 is 5.73 Å². The van der Waals surface area contributed by atoms with Gasteiger partial charge >= 0.3 is 16.4 Å². The molecule has 0 rings (SSSR count). The lowest BCUT2D eigenvalue weighted by Gasteiger charge is -2.07. The van der Waals surface area contributed by atoms with Crippen molar-refractivity contribution >= 4 is 16.4 Å². The number of rotatable bonds is 4. The van der Waals surface area contributed by atoms with Gasteiger partial charge in [0.1, 0.15) is 6.61 Å². The molecule has 0 spiro atoms. The van der Waals surface area contributed by atoms with Gasteiger partial charge in [-0.1, -0.05) is 20.4 Å². The number of hydrogen-bond acceptors (Lipinski definition) is 5. The molecule has 96 valence electrons. The summed E-state index contributed by atoms with van der Waals surface area (Å²) in [6, 6.07) is 0. The van der Waals surface area contributed by atoms with E-state index in [1.165, 1.54) is 0 Å². The van der Waals surface area contributed by atoms with Gasteiger partial charge in [-0.2, -0.15) is 8.42 Å². The average molecular weight is 255 g/mol. The summed E-state index contributed by atoms with van der Waals surface area (Å²) in [6.07, 6.45) is 0. The lowest BCUT2D eigenvalue weighted by Crippen LogP contribution is -2.16. The summed E-state index contributed by atoms with van der Waals surface area (Å²) < 4.78 is 36.3. The first-order chi connectivity index (χ1) is 7.09. The van der Waals surface area contributed by atoms with Crippen molar-refractivity contribution in [1.29, 1.82) is 0 Å². The first kappa shape index (κ1) is 17.4. The zero-order chi connectivity index (χ0) is 13.4. The maximum atomic E-state index is 11.0. The number of carbonyl (C=O) groups is 1. The number of ether oxygens (including phenoxy) is 1. The van der Waals surface area contributed by atoms with Crippen LogP contribution in [0.4, 0.5) is 0 Å². The molecule has 0 saturated carbocycles. The zero-order valence-corrected chi connectivity index (χ0v) is 10.0. The molecule has 8 heteroatoms. The fourth-order valence-electron chi connectivity index (χ4n) is 0.480. The van der Waals surface area contributed by atoms with Gasteiger partial charge in [0.15, 0.2) is 0 Å². The third kappa shape index (κ3) is 15.5. The van der Waals surface area contributed by atoms with Gasteiger partial charge in [-0.3, -0.25) is 9.11 Å². The van der Waals surface area contributed by atoms with E-state index in [2.05, 4.69) is 6.58 Å². The normalized spacial score (nSPS) is 10.4. The fraction of sp³-hybridized carbons (Fsp3) is 0.625. The van der Waals surface area contributed by atoms with E-state index < -0.39 is 10.4 Å². The van der Waals surface area contributed by atoms with E-state index in [1.54, 1.807) is 0 Å². The van der Waals surface area contributed by atoms with Crippen molar-refractivity contribution in [2.24, 2.45) is 11.7 Å². The van der Waals surface area contributed by atoms with Crippen molar-refractivity contribution in [1.82, 2.24) is 0 Å². The molecule has 0 aromatic heterocycles. The average Bonchev–Trinajstić information content (AvgIpc) is 2.10. The molecule has 16 heavy (non-hydrogen) atoms. The first-order valence-corrected chi connectivity index (χ1v) is 5.75. The van der Waals surface area contributed by atoms with Gasteiger partial charge < -0.3 is 10.5 Å². The van der Waals surface area contributed by atoms with Gasteiger partial charge in [-0.05, 0) is 5.92 Å². The van der Waals surface area contributed by atoms with E-state index in [9.17, 15) is 4.79 Å². The standard InChI is InChI=1S/C8H15NO2.H2O4S/c1-6(2)7(3)8(10)11-5-4-9;1-5(2,3)4/h6H,3-5,9H2,1-2H3;(H2,1,2,3,4). The largest absolute Gasteiger partial charge is 0.461 e. The number of esters is 1. The summed E-state index contributed by atoms with van der Waals surface area (Å²) in [5.74, 6) is -0.203. The quantitative estimate of drug-likeness (QED) is 0.368. The highest BCUT2D eigenvalue weighted by Crippen LogP contribution is 2.07. The molecule has 0 heterocycles. The predicted molar refractivity (Wildman–Crippen MR) is 58.2 cm³/mol. The summed E-state index contributed by atoms with van der Waals surface area (Å²) in [6.45, 7) is 8.01. The molecule has 0 aliphatic carbocycles. The highest BCUT2D eigenvalue weighted by atomic mass is 32.3. The van der Waals surface area contributed by atoms with Gasteiger partial charge in [0.25, 0.3) is 0 Å². The van der Waals surface area contributed by atoms with E-state index in [-0.39, 0.29) is 18.5 Å². The van der Waals surface area contributed by atoms with Crippen LogP contribution in [-0.2, 0) is 19.9 Å². The molecule has 0 aliphatic rings. The fourth-order valence-corrected chi connectivity index (χ4v) is 0.480. The Morgan fingerprint density at radius 1 is 1.44 bits per heavy atom. The Balaban J connectivity index is 0. The van der Waals surface area contributed by atoms with Crippen LogP contribution in [0.1, 0.15) is 13.8 Å². The lowest BCUT2D eigenvalue weighted by molar-refractivity contribution is -0.139. The zero-order valence-electron chi connectivity index (χ0n) is 9.21. The Bertz CT molecular complexity index is 313. The van der Waals surface area contributed by atoms with Crippen LogP contribution in [-0.4, -0.2) is 36.6 Å². The van der Waals surface area contributed by atoms with Crippen molar-refractivity contribution in [3.05, 3.63) is 12.2 Å².